The lowest BCUT2D eigenvalue weighted by molar-refractivity contribution is 0.540. The second-order valence-corrected chi connectivity index (χ2v) is 7.21. The van der Waals surface area contributed by atoms with E-state index in [4.69, 9.17) is 0 Å². The van der Waals surface area contributed by atoms with Crippen LogP contribution in [-0.2, 0) is 6.42 Å². The molecule has 1 atom stereocenters. The Morgan fingerprint density at radius 3 is 2.48 bits per heavy atom. The molecular formula is C17H25F2NS. The van der Waals surface area contributed by atoms with Crippen molar-refractivity contribution in [2.24, 2.45) is 0 Å². The average Bonchev–Trinajstić information content (AvgIpc) is 2.94. The van der Waals surface area contributed by atoms with E-state index in [2.05, 4.69) is 12.2 Å². The van der Waals surface area contributed by atoms with Crippen LogP contribution in [0.5, 0.6) is 0 Å². The van der Waals surface area contributed by atoms with Crippen LogP contribution < -0.4 is 5.32 Å². The first kappa shape index (κ1) is 16.8. The van der Waals surface area contributed by atoms with E-state index >= 15 is 0 Å². The van der Waals surface area contributed by atoms with Crippen LogP contribution in [0.4, 0.5) is 8.78 Å². The Hall–Kier alpha value is -0.610. The molecule has 0 bridgehead atoms. The maximum absolute atomic E-state index is 13.3. The highest BCUT2D eigenvalue weighted by Crippen LogP contribution is 2.30. The van der Waals surface area contributed by atoms with Crippen molar-refractivity contribution in [2.75, 3.05) is 12.3 Å². The van der Waals surface area contributed by atoms with Crippen molar-refractivity contribution < 1.29 is 8.78 Å². The highest BCUT2D eigenvalue weighted by Gasteiger charge is 2.18. The van der Waals surface area contributed by atoms with Crippen molar-refractivity contribution in [2.45, 2.75) is 56.7 Å². The van der Waals surface area contributed by atoms with Gasteiger partial charge in [0.05, 0.1) is 0 Å². The molecule has 1 N–H and O–H groups in total. The molecule has 1 fully saturated rings. The third-order valence-electron chi connectivity index (χ3n) is 3.92. The molecule has 2 rings (SSSR count). The summed E-state index contributed by atoms with van der Waals surface area (Å²) in [6.45, 7) is 3.09. The van der Waals surface area contributed by atoms with E-state index in [-0.39, 0.29) is 6.04 Å². The zero-order valence-corrected chi connectivity index (χ0v) is 13.5. The molecule has 21 heavy (non-hydrogen) atoms. The number of rotatable bonds is 8. The Balaban J connectivity index is 1.90. The summed E-state index contributed by atoms with van der Waals surface area (Å²) < 4.78 is 26.6. The van der Waals surface area contributed by atoms with Gasteiger partial charge >= 0.3 is 0 Å². The van der Waals surface area contributed by atoms with Gasteiger partial charge < -0.3 is 5.32 Å². The van der Waals surface area contributed by atoms with Gasteiger partial charge in [-0.2, -0.15) is 11.8 Å². The van der Waals surface area contributed by atoms with Crippen molar-refractivity contribution in [3.63, 3.8) is 0 Å². The van der Waals surface area contributed by atoms with E-state index in [0.29, 0.717) is 6.42 Å². The normalized spacial score (nSPS) is 17.3. The minimum absolute atomic E-state index is 0.289. The molecule has 1 nitrogen and oxygen atoms in total. The fourth-order valence-electron chi connectivity index (χ4n) is 2.86. The van der Waals surface area contributed by atoms with Gasteiger partial charge in [-0.3, -0.25) is 0 Å². The van der Waals surface area contributed by atoms with Crippen LogP contribution in [0.2, 0.25) is 0 Å². The first-order valence-corrected chi connectivity index (χ1v) is 9.02. The third kappa shape index (κ3) is 5.95. The molecule has 1 aromatic carbocycles. The molecular weight excluding hydrogens is 288 g/mol. The lowest BCUT2D eigenvalue weighted by Gasteiger charge is -2.20. The molecule has 0 amide bonds. The van der Waals surface area contributed by atoms with Crippen LogP contribution in [-0.4, -0.2) is 23.6 Å². The Bertz CT molecular complexity index is 413. The van der Waals surface area contributed by atoms with Gasteiger partial charge in [0.2, 0.25) is 0 Å². The van der Waals surface area contributed by atoms with Gasteiger partial charge in [0.15, 0.2) is 0 Å². The smallest absolute Gasteiger partial charge is 0.126 e. The molecule has 0 spiro atoms. The minimum Gasteiger partial charge on any atom is -0.313 e. The summed E-state index contributed by atoms with van der Waals surface area (Å²) in [5.41, 5.74) is 0.744. The number of halogens is 2. The fraction of sp³-hybridized carbons (Fsp3) is 0.647. The predicted molar refractivity (Wildman–Crippen MR) is 86.9 cm³/mol. The Kier molecular flexibility index (Phi) is 6.97. The second-order valence-electron chi connectivity index (χ2n) is 5.87. The molecule has 1 aliphatic rings. The highest BCUT2D eigenvalue weighted by atomic mass is 32.2. The number of hydrogen-bond donors (Lipinski definition) is 1. The summed E-state index contributed by atoms with van der Waals surface area (Å²) in [4.78, 5) is 0. The topological polar surface area (TPSA) is 12.0 Å². The summed E-state index contributed by atoms with van der Waals surface area (Å²) in [6, 6.07) is 4.12. The maximum Gasteiger partial charge on any atom is 0.126 e. The van der Waals surface area contributed by atoms with Crippen LogP contribution >= 0.6 is 11.8 Å². The molecule has 4 heteroatoms. The first-order chi connectivity index (χ1) is 10.2. The number of nitrogens with one attached hydrogen (secondary N) is 1. The summed E-state index contributed by atoms with van der Waals surface area (Å²) >= 11 is 2.02. The van der Waals surface area contributed by atoms with Crippen molar-refractivity contribution in [1.82, 2.24) is 5.32 Å². The molecule has 1 saturated carbocycles. The van der Waals surface area contributed by atoms with Crippen LogP contribution in [0.3, 0.4) is 0 Å². The van der Waals surface area contributed by atoms with Gasteiger partial charge in [0.1, 0.15) is 11.6 Å². The largest absolute Gasteiger partial charge is 0.313 e. The molecule has 1 aliphatic carbocycles. The quantitative estimate of drug-likeness (QED) is 0.755. The van der Waals surface area contributed by atoms with Gasteiger partial charge in [0, 0.05) is 23.1 Å². The zero-order chi connectivity index (χ0) is 15.1. The summed E-state index contributed by atoms with van der Waals surface area (Å²) in [5, 5.41) is 4.29. The maximum atomic E-state index is 13.3. The van der Waals surface area contributed by atoms with Crippen molar-refractivity contribution in [1.29, 1.82) is 0 Å². The number of hydrogen-bond acceptors (Lipinski definition) is 2. The summed E-state index contributed by atoms with van der Waals surface area (Å²) in [6.07, 6.45) is 7.09. The summed E-state index contributed by atoms with van der Waals surface area (Å²) in [7, 11) is 0. The van der Waals surface area contributed by atoms with Crippen molar-refractivity contribution in [3.05, 3.63) is 35.4 Å². The van der Waals surface area contributed by atoms with Crippen LogP contribution in [0.15, 0.2) is 18.2 Å². The van der Waals surface area contributed by atoms with Crippen molar-refractivity contribution >= 4 is 11.8 Å². The monoisotopic (exact) mass is 313 g/mol. The highest BCUT2D eigenvalue weighted by molar-refractivity contribution is 7.99. The Morgan fingerprint density at radius 1 is 1.19 bits per heavy atom. The van der Waals surface area contributed by atoms with Gasteiger partial charge in [-0.1, -0.05) is 19.8 Å². The second kappa shape index (κ2) is 8.74. The molecule has 0 radical (unpaired) electrons. The van der Waals surface area contributed by atoms with E-state index in [0.717, 1.165) is 35.6 Å². The molecule has 0 heterocycles. The van der Waals surface area contributed by atoms with Crippen LogP contribution in [0.1, 0.15) is 44.6 Å². The Morgan fingerprint density at radius 2 is 1.86 bits per heavy atom. The van der Waals surface area contributed by atoms with Gasteiger partial charge in [0.25, 0.3) is 0 Å². The zero-order valence-electron chi connectivity index (χ0n) is 12.7. The van der Waals surface area contributed by atoms with Crippen LogP contribution in [0.25, 0.3) is 0 Å². The van der Waals surface area contributed by atoms with Crippen LogP contribution in [0, 0.1) is 11.6 Å². The van der Waals surface area contributed by atoms with Crippen molar-refractivity contribution in [3.8, 4) is 0 Å². The summed E-state index contributed by atoms with van der Waals surface area (Å²) in [5.74, 6) is 0.0494. The number of thioether (sulfide) groups is 1. The third-order valence-corrected chi connectivity index (χ3v) is 5.46. The Labute approximate surface area is 130 Å². The molecule has 118 valence electrons. The molecule has 1 aromatic rings. The lowest BCUT2D eigenvalue weighted by atomic mass is 10.1. The first-order valence-electron chi connectivity index (χ1n) is 7.97. The van der Waals surface area contributed by atoms with Gasteiger partial charge in [-0.05, 0) is 49.9 Å². The average molecular weight is 313 g/mol. The molecule has 1 unspecified atom stereocenters. The molecule has 0 saturated heterocycles. The SMILES string of the molecule is CCCNC(CSC1CCCC1)Cc1cc(F)cc(F)c1. The lowest BCUT2D eigenvalue weighted by Crippen LogP contribution is -2.34. The van der Waals surface area contributed by atoms with E-state index in [9.17, 15) is 8.78 Å². The van der Waals surface area contributed by atoms with E-state index < -0.39 is 11.6 Å². The van der Waals surface area contributed by atoms with Gasteiger partial charge in [-0.25, -0.2) is 8.78 Å². The fourth-order valence-corrected chi connectivity index (χ4v) is 4.27. The van der Waals surface area contributed by atoms with E-state index in [1.807, 2.05) is 11.8 Å². The minimum atomic E-state index is -0.484. The van der Waals surface area contributed by atoms with Gasteiger partial charge in [-0.15, -0.1) is 0 Å². The van der Waals surface area contributed by atoms with E-state index in [1.165, 1.54) is 37.8 Å². The standard InChI is InChI=1S/C17H25F2NS/c1-2-7-20-16(12-21-17-5-3-4-6-17)10-13-8-14(18)11-15(19)9-13/h8-9,11,16-17,20H,2-7,10,12H2,1H3. The predicted octanol–water partition coefficient (Wildman–Crippen LogP) is 4.55. The number of benzene rings is 1. The molecule has 0 aliphatic heterocycles. The molecule has 0 aromatic heterocycles. The van der Waals surface area contributed by atoms with E-state index in [1.54, 1.807) is 0 Å².